The normalized spacial score (nSPS) is 11.8. The average molecular weight is 359 g/mol. The number of hydrogen-bond donors (Lipinski definition) is 2. The summed E-state index contributed by atoms with van der Waals surface area (Å²) in [6.07, 6.45) is 0. The van der Waals surface area contributed by atoms with E-state index in [0.717, 1.165) is 22.7 Å². The molecule has 0 spiro atoms. The number of thiocarbonyl (C=S) groups is 1. The molecule has 0 fully saturated rings. The van der Waals surface area contributed by atoms with Crippen LogP contribution in [0.1, 0.15) is 43.9 Å². The van der Waals surface area contributed by atoms with Gasteiger partial charge in [0.15, 0.2) is 5.11 Å². The second-order valence-electron chi connectivity index (χ2n) is 6.20. The van der Waals surface area contributed by atoms with Crippen LogP contribution in [0.4, 0.5) is 5.69 Å². The number of methoxy groups -OCH3 is 2. The molecule has 0 aliphatic heterocycles. The summed E-state index contributed by atoms with van der Waals surface area (Å²) in [6.45, 7) is 6.39. The zero-order chi connectivity index (χ0) is 18.4. The molecule has 0 radical (unpaired) electrons. The van der Waals surface area contributed by atoms with E-state index in [1.165, 1.54) is 5.56 Å². The monoisotopic (exact) mass is 358 g/mol. The van der Waals surface area contributed by atoms with E-state index < -0.39 is 0 Å². The van der Waals surface area contributed by atoms with Crippen molar-refractivity contribution in [1.29, 1.82) is 0 Å². The topological polar surface area (TPSA) is 42.5 Å². The molecule has 2 aromatic rings. The molecule has 2 N–H and O–H groups in total. The minimum absolute atomic E-state index is 0.0278. The Hall–Kier alpha value is -2.27. The van der Waals surface area contributed by atoms with Crippen LogP contribution < -0.4 is 20.1 Å². The lowest BCUT2D eigenvalue weighted by atomic mass is 10.0. The summed E-state index contributed by atoms with van der Waals surface area (Å²) < 4.78 is 10.7. The van der Waals surface area contributed by atoms with Gasteiger partial charge in [-0.25, -0.2) is 0 Å². The number of nitrogens with one attached hydrogen (secondary N) is 2. The van der Waals surface area contributed by atoms with Gasteiger partial charge in [-0.05, 0) is 61.0 Å². The first-order valence-corrected chi connectivity index (χ1v) is 8.74. The van der Waals surface area contributed by atoms with E-state index in [1.54, 1.807) is 14.2 Å². The Morgan fingerprint density at radius 3 is 2.20 bits per heavy atom. The van der Waals surface area contributed by atoms with Gasteiger partial charge in [-0.3, -0.25) is 0 Å². The minimum atomic E-state index is -0.0278. The van der Waals surface area contributed by atoms with E-state index in [9.17, 15) is 0 Å². The van der Waals surface area contributed by atoms with E-state index in [2.05, 4.69) is 36.6 Å². The zero-order valence-corrected chi connectivity index (χ0v) is 16.2. The number of benzene rings is 2. The van der Waals surface area contributed by atoms with Crippen molar-refractivity contribution in [3.63, 3.8) is 0 Å². The van der Waals surface area contributed by atoms with Crippen LogP contribution in [0, 0.1) is 0 Å². The van der Waals surface area contributed by atoms with E-state index in [-0.39, 0.29) is 6.04 Å². The molecule has 0 bridgehead atoms. The molecular weight excluding hydrogens is 332 g/mol. The van der Waals surface area contributed by atoms with Gasteiger partial charge in [0, 0.05) is 11.3 Å². The molecular formula is C20H26N2O2S. The fraction of sp³-hybridized carbons (Fsp3) is 0.350. The quantitative estimate of drug-likeness (QED) is 0.721. The molecule has 2 rings (SSSR count). The Labute approximate surface area is 155 Å². The van der Waals surface area contributed by atoms with E-state index in [4.69, 9.17) is 21.7 Å². The SMILES string of the molecule is COc1ccc(OC)c([C@@H](C)NC(=S)Nc2ccc(C(C)C)cc2)c1. The van der Waals surface area contributed by atoms with Gasteiger partial charge in [0.1, 0.15) is 11.5 Å². The Bertz CT molecular complexity index is 714. The fourth-order valence-corrected chi connectivity index (χ4v) is 2.87. The maximum atomic E-state index is 5.44. The summed E-state index contributed by atoms with van der Waals surface area (Å²) in [4.78, 5) is 0. The van der Waals surface area contributed by atoms with Gasteiger partial charge in [-0.15, -0.1) is 0 Å². The van der Waals surface area contributed by atoms with Crippen molar-refractivity contribution in [1.82, 2.24) is 5.32 Å². The van der Waals surface area contributed by atoms with Crippen molar-refractivity contribution in [2.75, 3.05) is 19.5 Å². The first-order chi connectivity index (χ1) is 11.9. The summed E-state index contributed by atoms with van der Waals surface area (Å²) in [5.41, 5.74) is 3.26. The van der Waals surface area contributed by atoms with Gasteiger partial charge in [0.2, 0.25) is 0 Å². The predicted octanol–water partition coefficient (Wildman–Crippen LogP) is 4.87. The lowest BCUT2D eigenvalue weighted by molar-refractivity contribution is 0.395. The van der Waals surface area contributed by atoms with Crippen molar-refractivity contribution < 1.29 is 9.47 Å². The van der Waals surface area contributed by atoms with Gasteiger partial charge in [0.05, 0.1) is 20.3 Å². The summed E-state index contributed by atoms with van der Waals surface area (Å²) in [7, 11) is 3.31. The van der Waals surface area contributed by atoms with Gasteiger partial charge in [-0.1, -0.05) is 26.0 Å². The Balaban J connectivity index is 2.04. The van der Waals surface area contributed by atoms with Crippen molar-refractivity contribution in [3.05, 3.63) is 53.6 Å². The van der Waals surface area contributed by atoms with Crippen LogP contribution in [-0.2, 0) is 0 Å². The Morgan fingerprint density at radius 1 is 0.960 bits per heavy atom. The van der Waals surface area contributed by atoms with Crippen LogP contribution in [0.15, 0.2) is 42.5 Å². The van der Waals surface area contributed by atoms with E-state index in [0.29, 0.717) is 11.0 Å². The molecule has 0 saturated carbocycles. The molecule has 1 atom stereocenters. The second kappa shape index (κ2) is 8.72. The highest BCUT2D eigenvalue weighted by Crippen LogP contribution is 2.29. The summed E-state index contributed by atoms with van der Waals surface area (Å²) in [5, 5.41) is 7.08. The molecule has 134 valence electrons. The van der Waals surface area contributed by atoms with Gasteiger partial charge >= 0.3 is 0 Å². The fourth-order valence-electron chi connectivity index (χ4n) is 2.57. The number of hydrogen-bond acceptors (Lipinski definition) is 3. The molecule has 0 aliphatic carbocycles. The molecule has 0 saturated heterocycles. The van der Waals surface area contributed by atoms with Crippen molar-refractivity contribution >= 4 is 23.0 Å². The maximum absolute atomic E-state index is 5.44. The van der Waals surface area contributed by atoms with Crippen LogP contribution in [0.3, 0.4) is 0 Å². The molecule has 0 unspecified atom stereocenters. The third kappa shape index (κ3) is 5.10. The zero-order valence-electron chi connectivity index (χ0n) is 15.4. The highest BCUT2D eigenvalue weighted by molar-refractivity contribution is 7.80. The Kier molecular flexibility index (Phi) is 6.65. The van der Waals surface area contributed by atoms with Crippen LogP contribution in [-0.4, -0.2) is 19.3 Å². The molecule has 0 aliphatic rings. The van der Waals surface area contributed by atoms with Crippen molar-refractivity contribution in [3.8, 4) is 11.5 Å². The van der Waals surface area contributed by atoms with Gasteiger partial charge < -0.3 is 20.1 Å². The third-order valence-corrected chi connectivity index (χ3v) is 4.31. The first-order valence-electron chi connectivity index (χ1n) is 8.34. The highest BCUT2D eigenvalue weighted by atomic mass is 32.1. The van der Waals surface area contributed by atoms with Crippen LogP contribution >= 0.6 is 12.2 Å². The molecule has 2 aromatic carbocycles. The van der Waals surface area contributed by atoms with Gasteiger partial charge in [0.25, 0.3) is 0 Å². The first kappa shape index (κ1) is 19.1. The van der Waals surface area contributed by atoms with E-state index in [1.807, 2.05) is 37.3 Å². The average Bonchev–Trinajstić information content (AvgIpc) is 2.61. The molecule has 5 heteroatoms. The van der Waals surface area contributed by atoms with E-state index >= 15 is 0 Å². The number of rotatable bonds is 6. The smallest absolute Gasteiger partial charge is 0.171 e. The molecule has 25 heavy (non-hydrogen) atoms. The maximum Gasteiger partial charge on any atom is 0.171 e. The number of ether oxygens (including phenoxy) is 2. The largest absolute Gasteiger partial charge is 0.497 e. The highest BCUT2D eigenvalue weighted by Gasteiger charge is 2.14. The summed E-state index contributed by atoms with van der Waals surface area (Å²) in [5.74, 6) is 2.09. The molecule has 0 heterocycles. The minimum Gasteiger partial charge on any atom is -0.497 e. The van der Waals surface area contributed by atoms with Crippen molar-refractivity contribution in [2.24, 2.45) is 0 Å². The second-order valence-corrected chi connectivity index (χ2v) is 6.61. The van der Waals surface area contributed by atoms with Crippen molar-refractivity contribution in [2.45, 2.75) is 32.7 Å². The molecule has 0 aromatic heterocycles. The van der Waals surface area contributed by atoms with Crippen LogP contribution in [0.25, 0.3) is 0 Å². The molecule has 0 amide bonds. The summed E-state index contributed by atoms with van der Waals surface area (Å²) >= 11 is 5.44. The van der Waals surface area contributed by atoms with Crippen LogP contribution in [0.5, 0.6) is 11.5 Å². The lowest BCUT2D eigenvalue weighted by Gasteiger charge is -2.20. The number of anilines is 1. The standard InChI is InChI=1S/C20H26N2O2S/c1-13(2)15-6-8-16(9-7-15)22-20(25)21-14(3)18-12-17(23-4)10-11-19(18)24-5/h6-14H,1-5H3,(H2,21,22,25)/t14-/m1/s1. The molecule has 4 nitrogen and oxygen atoms in total. The Morgan fingerprint density at radius 2 is 1.64 bits per heavy atom. The van der Waals surface area contributed by atoms with Gasteiger partial charge in [-0.2, -0.15) is 0 Å². The lowest BCUT2D eigenvalue weighted by Crippen LogP contribution is -2.31. The van der Waals surface area contributed by atoms with Crippen LogP contribution in [0.2, 0.25) is 0 Å². The predicted molar refractivity (Wildman–Crippen MR) is 108 cm³/mol. The third-order valence-electron chi connectivity index (χ3n) is 4.09. The summed E-state index contributed by atoms with van der Waals surface area (Å²) in [6, 6.07) is 14.0.